The zero-order chi connectivity index (χ0) is 9.26. The van der Waals surface area contributed by atoms with Crippen LogP contribution in [0.5, 0.6) is 0 Å². The Labute approximate surface area is 81.2 Å². The van der Waals surface area contributed by atoms with Crippen molar-refractivity contribution in [1.29, 1.82) is 0 Å². The van der Waals surface area contributed by atoms with Crippen molar-refractivity contribution >= 4 is 23.1 Å². The molecule has 0 saturated heterocycles. The van der Waals surface area contributed by atoms with Crippen molar-refractivity contribution < 1.29 is 4.79 Å². The maximum absolute atomic E-state index is 11.2. The van der Waals surface area contributed by atoms with Gasteiger partial charge in [0.05, 0.1) is 5.01 Å². The predicted molar refractivity (Wildman–Crippen MR) is 53.1 cm³/mol. The van der Waals surface area contributed by atoms with Crippen LogP contribution >= 0.6 is 11.3 Å². The lowest BCUT2D eigenvalue weighted by molar-refractivity contribution is -0.116. The summed E-state index contributed by atoms with van der Waals surface area (Å²) in [5.41, 5.74) is 0. The lowest BCUT2D eigenvalue weighted by atomic mass is 10.2. The average molecular weight is 196 g/mol. The van der Waals surface area contributed by atoms with Gasteiger partial charge in [-0.2, -0.15) is 0 Å². The zero-order valence-electron chi connectivity index (χ0n) is 7.59. The van der Waals surface area contributed by atoms with Crippen LogP contribution in [0.2, 0.25) is 0 Å². The van der Waals surface area contributed by atoms with Gasteiger partial charge in [-0.05, 0) is 19.3 Å². The first-order chi connectivity index (χ1) is 6.29. The first-order valence-electron chi connectivity index (χ1n) is 4.58. The van der Waals surface area contributed by atoms with E-state index in [1.807, 2.05) is 0 Å². The van der Waals surface area contributed by atoms with Gasteiger partial charge in [0.25, 0.3) is 0 Å². The summed E-state index contributed by atoms with van der Waals surface area (Å²) in [6, 6.07) is 0. The van der Waals surface area contributed by atoms with Crippen LogP contribution in [0, 0.1) is 0 Å². The van der Waals surface area contributed by atoms with E-state index in [1.54, 1.807) is 11.3 Å². The van der Waals surface area contributed by atoms with Crippen molar-refractivity contribution in [2.24, 2.45) is 0 Å². The van der Waals surface area contributed by atoms with Crippen molar-refractivity contribution in [1.82, 2.24) is 4.98 Å². The maximum Gasteiger partial charge on any atom is 0.225 e. The standard InChI is InChI=1S/C9H12N2OS/c1-2-8-11-9-6(13-8)4-3-5-7(12)10-9/h2-5H2,1H3,(H,10,12). The molecule has 1 aliphatic heterocycles. The van der Waals surface area contributed by atoms with Crippen LogP contribution in [0.15, 0.2) is 0 Å². The number of nitrogens with zero attached hydrogens (tertiary/aromatic N) is 1. The lowest BCUT2D eigenvalue weighted by Crippen LogP contribution is -2.09. The highest BCUT2D eigenvalue weighted by atomic mass is 32.1. The number of aromatic nitrogens is 1. The second kappa shape index (κ2) is 3.46. The fourth-order valence-corrected chi connectivity index (χ4v) is 2.43. The Balaban J connectivity index is 2.31. The SMILES string of the molecule is CCc1nc2c(s1)CCCC(=O)N2. The Bertz CT molecular complexity index is 332. The molecule has 0 atom stereocenters. The number of nitrogens with one attached hydrogen (secondary N) is 1. The van der Waals surface area contributed by atoms with Crippen LogP contribution in [0.4, 0.5) is 5.82 Å². The van der Waals surface area contributed by atoms with Crippen molar-refractivity contribution in [3.05, 3.63) is 9.88 Å². The largest absolute Gasteiger partial charge is 0.310 e. The quantitative estimate of drug-likeness (QED) is 0.746. The third-order valence-electron chi connectivity index (χ3n) is 2.11. The summed E-state index contributed by atoms with van der Waals surface area (Å²) in [5, 5.41) is 3.96. The van der Waals surface area contributed by atoms with E-state index < -0.39 is 0 Å². The zero-order valence-corrected chi connectivity index (χ0v) is 8.41. The van der Waals surface area contributed by atoms with E-state index in [1.165, 1.54) is 4.88 Å². The van der Waals surface area contributed by atoms with E-state index in [0.29, 0.717) is 6.42 Å². The highest BCUT2D eigenvalue weighted by Crippen LogP contribution is 2.27. The maximum atomic E-state index is 11.2. The highest BCUT2D eigenvalue weighted by molar-refractivity contribution is 7.12. The Morgan fingerprint density at radius 2 is 2.38 bits per heavy atom. The molecule has 70 valence electrons. The van der Waals surface area contributed by atoms with E-state index in [9.17, 15) is 4.79 Å². The van der Waals surface area contributed by atoms with Crippen LogP contribution in [-0.2, 0) is 17.6 Å². The molecule has 0 aliphatic carbocycles. The minimum atomic E-state index is 0.103. The number of hydrogen-bond acceptors (Lipinski definition) is 3. The highest BCUT2D eigenvalue weighted by Gasteiger charge is 2.16. The lowest BCUT2D eigenvalue weighted by Gasteiger charge is -1.96. The first kappa shape index (κ1) is 8.69. The van der Waals surface area contributed by atoms with Crippen LogP contribution in [0.25, 0.3) is 0 Å². The second-order valence-corrected chi connectivity index (χ2v) is 4.30. The molecule has 1 amide bonds. The number of amides is 1. The number of rotatable bonds is 1. The van der Waals surface area contributed by atoms with E-state index in [2.05, 4.69) is 17.2 Å². The van der Waals surface area contributed by atoms with E-state index in [4.69, 9.17) is 0 Å². The molecule has 0 fully saturated rings. The molecule has 13 heavy (non-hydrogen) atoms. The summed E-state index contributed by atoms with van der Waals surface area (Å²) < 4.78 is 0. The summed E-state index contributed by atoms with van der Waals surface area (Å²) in [6.07, 6.45) is 3.52. The summed E-state index contributed by atoms with van der Waals surface area (Å²) in [6.45, 7) is 2.08. The van der Waals surface area contributed by atoms with Gasteiger partial charge >= 0.3 is 0 Å². The molecule has 3 nitrogen and oxygen atoms in total. The van der Waals surface area contributed by atoms with E-state index >= 15 is 0 Å². The Morgan fingerprint density at radius 3 is 3.15 bits per heavy atom. The molecular formula is C9H12N2OS. The fraction of sp³-hybridized carbons (Fsp3) is 0.556. The molecule has 0 unspecified atom stereocenters. The van der Waals surface area contributed by atoms with E-state index in [0.717, 1.165) is 30.1 Å². The van der Waals surface area contributed by atoms with Gasteiger partial charge < -0.3 is 5.32 Å². The van der Waals surface area contributed by atoms with Crippen molar-refractivity contribution in [3.63, 3.8) is 0 Å². The number of hydrogen-bond donors (Lipinski definition) is 1. The number of carbonyl (C=O) groups excluding carboxylic acids is 1. The number of carbonyl (C=O) groups is 1. The number of fused-ring (bicyclic) bond motifs is 1. The molecule has 1 aromatic heterocycles. The molecule has 2 rings (SSSR count). The van der Waals surface area contributed by atoms with Crippen LogP contribution in [-0.4, -0.2) is 10.9 Å². The smallest absolute Gasteiger partial charge is 0.225 e. The van der Waals surface area contributed by atoms with Gasteiger partial charge in [0.15, 0.2) is 0 Å². The topological polar surface area (TPSA) is 42.0 Å². The predicted octanol–water partition coefficient (Wildman–Crippen LogP) is 1.98. The Morgan fingerprint density at radius 1 is 1.54 bits per heavy atom. The van der Waals surface area contributed by atoms with Gasteiger partial charge in [-0.25, -0.2) is 4.98 Å². The van der Waals surface area contributed by atoms with Gasteiger partial charge in [0, 0.05) is 11.3 Å². The molecule has 1 aliphatic rings. The van der Waals surface area contributed by atoms with Gasteiger partial charge in [-0.3, -0.25) is 4.79 Å². The van der Waals surface area contributed by atoms with Gasteiger partial charge in [-0.1, -0.05) is 6.92 Å². The van der Waals surface area contributed by atoms with Crippen molar-refractivity contribution in [2.75, 3.05) is 5.32 Å². The van der Waals surface area contributed by atoms with Crippen LogP contribution in [0.3, 0.4) is 0 Å². The molecule has 0 aromatic carbocycles. The molecule has 2 heterocycles. The third-order valence-corrected chi connectivity index (χ3v) is 3.37. The van der Waals surface area contributed by atoms with Gasteiger partial charge in [0.2, 0.25) is 5.91 Å². The molecule has 0 saturated carbocycles. The summed E-state index contributed by atoms with van der Waals surface area (Å²) in [5.74, 6) is 0.913. The minimum Gasteiger partial charge on any atom is -0.310 e. The summed E-state index contributed by atoms with van der Waals surface area (Å²) >= 11 is 1.72. The van der Waals surface area contributed by atoms with Crippen molar-refractivity contribution in [2.45, 2.75) is 32.6 Å². The fourth-order valence-electron chi connectivity index (χ4n) is 1.42. The van der Waals surface area contributed by atoms with Gasteiger partial charge in [0.1, 0.15) is 5.82 Å². The molecule has 0 spiro atoms. The number of thiazole rings is 1. The average Bonchev–Trinajstić information content (AvgIpc) is 2.41. The molecule has 1 N–H and O–H groups in total. The number of anilines is 1. The third kappa shape index (κ3) is 1.72. The van der Waals surface area contributed by atoms with Crippen molar-refractivity contribution in [3.8, 4) is 0 Å². The first-order valence-corrected chi connectivity index (χ1v) is 5.39. The Kier molecular flexibility index (Phi) is 2.31. The number of aryl methyl sites for hydroxylation is 2. The Hall–Kier alpha value is -0.900. The molecule has 0 radical (unpaired) electrons. The minimum absolute atomic E-state index is 0.103. The van der Waals surface area contributed by atoms with Gasteiger partial charge in [-0.15, -0.1) is 11.3 Å². The molecular weight excluding hydrogens is 184 g/mol. The summed E-state index contributed by atoms with van der Waals surface area (Å²) in [7, 11) is 0. The molecule has 0 bridgehead atoms. The van der Waals surface area contributed by atoms with Crippen LogP contribution in [0.1, 0.15) is 29.7 Å². The second-order valence-electron chi connectivity index (χ2n) is 3.13. The van der Waals surface area contributed by atoms with Crippen LogP contribution < -0.4 is 5.32 Å². The molecule has 4 heteroatoms. The normalized spacial score (nSPS) is 16.2. The van der Waals surface area contributed by atoms with E-state index in [-0.39, 0.29) is 5.91 Å². The summed E-state index contributed by atoms with van der Waals surface area (Å²) in [4.78, 5) is 16.8. The molecule has 1 aromatic rings. The monoisotopic (exact) mass is 196 g/mol.